The van der Waals surface area contributed by atoms with Gasteiger partial charge in [-0.25, -0.2) is 0 Å². The zero-order valence-corrected chi connectivity index (χ0v) is 7.97. The van der Waals surface area contributed by atoms with Gasteiger partial charge in [0.05, 0.1) is 5.41 Å². The van der Waals surface area contributed by atoms with Crippen molar-refractivity contribution in [1.29, 1.82) is 0 Å². The van der Waals surface area contributed by atoms with Gasteiger partial charge in [-0.05, 0) is 19.3 Å². The minimum Gasteiger partial charge on any atom is -0.345 e. The van der Waals surface area contributed by atoms with Gasteiger partial charge < -0.3 is 4.90 Å². The third-order valence-electron chi connectivity index (χ3n) is 2.68. The van der Waals surface area contributed by atoms with Gasteiger partial charge >= 0.3 is 0 Å². The van der Waals surface area contributed by atoms with E-state index in [9.17, 15) is 4.79 Å². The highest BCUT2D eigenvalue weighted by Gasteiger charge is 2.36. The number of carbonyl (C=O) groups is 1. The van der Waals surface area contributed by atoms with Gasteiger partial charge in [-0.3, -0.25) is 4.79 Å². The quantitative estimate of drug-likeness (QED) is 0.574. The SMILES string of the molecule is C=CCC1(C)CCCN(C)C1=O. The lowest BCUT2D eigenvalue weighted by Gasteiger charge is -2.36. The molecule has 1 fully saturated rings. The van der Waals surface area contributed by atoms with E-state index in [1.54, 1.807) is 0 Å². The molecule has 1 amide bonds. The molecule has 0 bridgehead atoms. The summed E-state index contributed by atoms with van der Waals surface area (Å²) in [7, 11) is 1.88. The molecule has 1 heterocycles. The summed E-state index contributed by atoms with van der Waals surface area (Å²) in [4.78, 5) is 13.5. The second-order valence-corrected chi connectivity index (χ2v) is 3.88. The summed E-state index contributed by atoms with van der Waals surface area (Å²) in [6.07, 6.45) is 4.77. The van der Waals surface area contributed by atoms with Crippen LogP contribution in [0.3, 0.4) is 0 Å². The van der Waals surface area contributed by atoms with Crippen LogP contribution in [0, 0.1) is 5.41 Å². The summed E-state index contributed by atoms with van der Waals surface area (Å²) < 4.78 is 0. The molecule has 0 spiro atoms. The van der Waals surface area contributed by atoms with E-state index in [1.807, 2.05) is 24.9 Å². The Morgan fingerprint density at radius 1 is 1.75 bits per heavy atom. The Morgan fingerprint density at radius 2 is 2.42 bits per heavy atom. The van der Waals surface area contributed by atoms with E-state index >= 15 is 0 Å². The van der Waals surface area contributed by atoms with Gasteiger partial charge in [-0.2, -0.15) is 0 Å². The normalized spacial score (nSPS) is 30.5. The molecule has 0 aliphatic carbocycles. The molecule has 12 heavy (non-hydrogen) atoms. The molecule has 1 saturated heterocycles. The van der Waals surface area contributed by atoms with Crippen molar-refractivity contribution in [2.75, 3.05) is 13.6 Å². The van der Waals surface area contributed by atoms with E-state index in [0.29, 0.717) is 0 Å². The molecule has 0 aromatic heterocycles. The van der Waals surface area contributed by atoms with Crippen LogP contribution in [0.1, 0.15) is 26.2 Å². The van der Waals surface area contributed by atoms with Gasteiger partial charge in [0, 0.05) is 13.6 Å². The highest BCUT2D eigenvalue weighted by molar-refractivity contribution is 5.82. The van der Waals surface area contributed by atoms with Gasteiger partial charge in [0.25, 0.3) is 0 Å². The fraction of sp³-hybridized carbons (Fsp3) is 0.700. The maximum Gasteiger partial charge on any atom is 0.228 e. The van der Waals surface area contributed by atoms with Gasteiger partial charge in [-0.15, -0.1) is 6.58 Å². The van der Waals surface area contributed by atoms with Crippen molar-refractivity contribution in [1.82, 2.24) is 4.90 Å². The van der Waals surface area contributed by atoms with Gasteiger partial charge in [0.1, 0.15) is 0 Å². The first-order chi connectivity index (χ1) is 5.60. The summed E-state index contributed by atoms with van der Waals surface area (Å²) in [5, 5.41) is 0. The number of likely N-dealkylation sites (tertiary alicyclic amines) is 1. The molecule has 0 aromatic carbocycles. The standard InChI is InChI=1S/C10H17NO/c1-4-6-10(2)7-5-8-11(3)9(10)12/h4H,1,5-8H2,2-3H3. The number of hydrogen-bond donors (Lipinski definition) is 0. The summed E-state index contributed by atoms with van der Waals surface area (Å²) in [5.41, 5.74) is -0.172. The van der Waals surface area contributed by atoms with Crippen LogP contribution >= 0.6 is 0 Å². The third-order valence-corrected chi connectivity index (χ3v) is 2.68. The lowest BCUT2D eigenvalue weighted by molar-refractivity contribution is -0.143. The van der Waals surface area contributed by atoms with Crippen LogP contribution in [-0.4, -0.2) is 24.4 Å². The molecule has 1 atom stereocenters. The van der Waals surface area contributed by atoms with Crippen molar-refractivity contribution in [3.8, 4) is 0 Å². The predicted molar refractivity (Wildman–Crippen MR) is 49.8 cm³/mol. The van der Waals surface area contributed by atoms with Crippen molar-refractivity contribution in [2.45, 2.75) is 26.2 Å². The number of hydrogen-bond acceptors (Lipinski definition) is 1. The number of rotatable bonds is 2. The van der Waals surface area contributed by atoms with E-state index in [-0.39, 0.29) is 11.3 Å². The van der Waals surface area contributed by atoms with E-state index in [0.717, 1.165) is 25.8 Å². The van der Waals surface area contributed by atoms with E-state index in [4.69, 9.17) is 0 Å². The summed E-state index contributed by atoms with van der Waals surface area (Å²) in [6, 6.07) is 0. The van der Waals surface area contributed by atoms with Crippen LogP contribution in [0.15, 0.2) is 12.7 Å². The first-order valence-electron chi connectivity index (χ1n) is 4.46. The highest BCUT2D eigenvalue weighted by atomic mass is 16.2. The van der Waals surface area contributed by atoms with E-state index < -0.39 is 0 Å². The van der Waals surface area contributed by atoms with Crippen LogP contribution in [-0.2, 0) is 4.79 Å². The second-order valence-electron chi connectivity index (χ2n) is 3.88. The fourth-order valence-corrected chi connectivity index (χ4v) is 1.88. The van der Waals surface area contributed by atoms with Gasteiger partial charge in [-0.1, -0.05) is 13.0 Å². The minimum atomic E-state index is -0.172. The van der Waals surface area contributed by atoms with E-state index in [1.165, 1.54) is 0 Å². The zero-order chi connectivity index (χ0) is 9.19. The van der Waals surface area contributed by atoms with Gasteiger partial charge in [0.15, 0.2) is 0 Å². The Morgan fingerprint density at radius 3 is 3.00 bits per heavy atom. The number of carbonyl (C=O) groups excluding carboxylic acids is 1. The van der Waals surface area contributed by atoms with Gasteiger partial charge in [0.2, 0.25) is 5.91 Å². The zero-order valence-electron chi connectivity index (χ0n) is 7.97. The Bertz CT molecular complexity index is 200. The second kappa shape index (κ2) is 3.30. The number of amides is 1. The Kier molecular flexibility index (Phi) is 2.55. The lowest BCUT2D eigenvalue weighted by Crippen LogP contribution is -2.44. The molecule has 1 aliphatic rings. The molecule has 1 aliphatic heterocycles. The third kappa shape index (κ3) is 1.52. The molecule has 1 unspecified atom stereocenters. The maximum absolute atomic E-state index is 11.7. The average Bonchev–Trinajstić information content (AvgIpc) is 2.01. The summed E-state index contributed by atoms with van der Waals surface area (Å²) in [6.45, 7) is 6.63. The van der Waals surface area contributed by atoms with Crippen molar-refractivity contribution < 1.29 is 4.79 Å². The highest BCUT2D eigenvalue weighted by Crippen LogP contribution is 2.33. The number of allylic oxidation sites excluding steroid dienone is 1. The maximum atomic E-state index is 11.7. The van der Waals surface area contributed by atoms with Crippen molar-refractivity contribution in [2.24, 2.45) is 5.41 Å². The molecular weight excluding hydrogens is 150 g/mol. The molecule has 1 rings (SSSR count). The van der Waals surface area contributed by atoms with Crippen molar-refractivity contribution in [3.63, 3.8) is 0 Å². The average molecular weight is 167 g/mol. The molecule has 0 radical (unpaired) electrons. The largest absolute Gasteiger partial charge is 0.345 e. The Labute approximate surface area is 74.2 Å². The molecule has 0 N–H and O–H groups in total. The Balaban J connectivity index is 2.73. The van der Waals surface area contributed by atoms with Crippen LogP contribution < -0.4 is 0 Å². The smallest absolute Gasteiger partial charge is 0.228 e. The minimum absolute atomic E-state index is 0.172. The topological polar surface area (TPSA) is 20.3 Å². The van der Waals surface area contributed by atoms with Crippen molar-refractivity contribution >= 4 is 5.91 Å². The molecule has 68 valence electrons. The molecule has 0 saturated carbocycles. The van der Waals surface area contributed by atoms with Crippen LogP contribution in [0.4, 0.5) is 0 Å². The summed E-state index contributed by atoms with van der Waals surface area (Å²) in [5.74, 6) is 0.272. The van der Waals surface area contributed by atoms with Crippen LogP contribution in [0.25, 0.3) is 0 Å². The number of nitrogens with zero attached hydrogens (tertiary/aromatic N) is 1. The Hall–Kier alpha value is -0.790. The summed E-state index contributed by atoms with van der Waals surface area (Å²) >= 11 is 0. The monoisotopic (exact) mass is 167 g/mol. The molecule has 2 nitrogen and oxygen atoms in total. The fourth-order valence-electron chi connectivity index (χ4n) is 1.88. The number of piperidine rings is 1. The van der Waals surface area contributed by atoms with E-state index in [2.05, 4.69) is 6.58 Å². The molecule has 0 aromatic rings. The molecule has 2 heteroatoms. The van der Waals surface area contributed by atoms with Crippen LogP contribution in [0.2, 0.25) is 0 Å². The first-order valence-corrected chi connectivity index (χ1v) is 4.46. The first kappa shape index (κ1) is 9.30. The lowest BCUT2D eigenvalue weighted by atomic mass is 9.78. The predicted octanol–water partition coefficient (Wildman–Crippen LogP) is 1.82. The van der Waals surface area contributed by atoms with Crippen molar-refractivity contribution in [3.05, 3.63) is 12.7 Å². The molecular formula is C10H17NO. The van der Waals surface area contributed by atoms with Crippen LogP contribution in [0.5, 0.6) is 0 Å².